The van der Waals surface area contributed by atoms with Gasteiger partial charge in [0.25, 0.3) is 0 Å². The number of rotatable bonds is 0. The molecule has 2 nitrogen and oxygen atoms in total. The number of hydrogen-bond donors (Lipinski definition) is 0. The molecule has 0 unspecified atom stereocenters. The Hall–Kier alpha value is -2.06. The van der Waals surface area contributed by atoms with Crippen LogP contribution in [0.1, 0.15) is 0 Å². The normalized spacial score (nSPS) is 6.50. The quantitative estimate of drug-likeness (QED) is 0.541. The summed E-state index contributed by atoms with van der Waals surface area (Å²) in [7, 11) is 0. The van der Waals surface area contributed by atoms with E-state index >= 15 is 0 Å². The second kappa shape index (κ2) is 7.05. The number of hydrogen-bond acceptors (Lipinski definition) is 2. The number of allylic oxidation sites excluding steroid dienone is 1. The van der Waals surface area contributed by atoms with E-state index in [0.717, 1.165) is 0 Å². The highest BCUT2D eigenvalue weighted by molar-refractivity contribution is 5.31. The molecule has 1 aromatic rings. The molecule has 0 aliphatic heterocycles. The van der Waals surface area contributed by atoms with Crippen LogP contribution in [0, 0.1) is 22.7 Å². The van der Waals surface area contributed by atoms with Crippen molar-refractivity contribution in [2.45, 2.75) is 0 Å². The first-order chi connectivity index (χ1) is 5.81. The van der Waals surface area contributed by atoms with E-state index in [2.05, 4.69) is 6.58 Å². The van der Waals surface area contributed by atoms with E-state index in [1.165, 1.54) is 0 Å². The van der Waals surface area contributed by atoms with Crippen LogP contribution in [0.4, 0.5) is 0 Å². The third-order valence-electron chi connectivity index (χ3n) is 0.937. The summed E-state index contributed by atoms with van der Waals surface area (Å²) in [6.45, 7) is 3.07. The van der Waals surface area contributed by atoms with Crippen LogP contribution in [0.15, 0.2) is 48.6 Å². The molecule has 0 saturated heterocycles. The van der Waals surface area contributed by atoms with Crippen molar-refractivity contribution in [2.24, 2.45) is 0 Å². The van der Waals surface area contributed by atoms with Gasteiger partial charge < -0.3 is 0 Å². The van der Waals surface area contributed by atoms with Crippen LogP contribution in [0.3, 0.4) is 0 Å². The van der Waals surface area contributed by atoms with E-state index in [0.29, 0.717) is 0 Å². The molecule has 0 heterocycles. The third-order valence-corrected chi connectivity index (χ3v) is 0.937. The minimum Gasteiger partial charge on any atom is -0.192 e. The van der Waals surface area contributed by atoms with E-state index in [1.807, 2.05) is 36.4 Å². The number of benzene rings is 1. The second-order valence-electron chi connectivity index (χ2n) is 1.86. The van der Waals surface area contributed by atoms with Gasteiger partial charge in [0.1, 0.15) is 17.7 Å². The lowest BCUT2D eigenvalue weighted by Crippen LogP contribution is -1.58. The van der Waals surface area contributed by atoms with Crippen LogP contribution in [0.2, 0.25) is 0 Å². The Morgan fingerprint density at radius 1 is 0.833 bits per heavy atom. The Kier molecular flexibility index (Phi) is 5.84. The summed E-state index contributed by atoms with van der Waals surface area (Å²) >= 11 is 0. The predicted octanol–water partition coefficient (Wildman–Crippen LogP) is 2.28. The molecule has 58 valence electrons. The van der Waals surface area contributed by atoms with Crippen molar-refractivity contribution in [1.29, 1.82) is 10.5 Å². The van der Waals surface area contributed by atoms with Crippen LogP contribution in [0.25, 0.3) is 0 Å². The fraction of sp³-hybridized carbons (Fsp3) is 0. The maximum atomic E-state index is 7.76. The SMILES string of the molecule is C=C(C#N)C#N.c1ccccc1. The highest BCUT2D eigenvalue weighted by Gasteiger charge is 1.76. The largest absolute Gasteiger partial charge is 0.192 e. The summed E-state index contributed by atoms with van der Waals surface area (Å²) in [5.74, 6) is 0. The van der Waals surface area contributed by atoms with Gasteiger partial charge in [-0.2, -0.15) is 10.5 Å². The molecule has 0 N–H and O–H groups in total. The van der Waals surface area contributed by atoms with Crippen molar-refractivity contribution in [3.63, 3.8) is 0 Å². The van der Waals surface area contributed by atoms with Crippen LogP contribution in [-0.2, 0) is 0 Å². The molecule has 0 aliphatic carbocycles. The van der Waals surface area contributed by atoms with Crippen LogP contribution in [-0.4, -0.2) is 0 Å². The van der Waals surface area contributed by atoms with E-state index in [1.54, 1.807) is 12.1 Å². The van der Waals surface area contributed by atoms with Crippen molar-refractivity contribution >= 4 is 0 Å². The van der Waals surface area contributed by atoms with Crippen LogP contribution in [0.5, 0.6) is 0 Å². The van der Waals surface area contributed by atoms with Gasteiger partial charge in [-0.3, -0.25) is 0 Å². The molecule has 1 aromatic carbocycles. The molecule has 0 spiro atoms. The van der Waals surface area contributed by atoms with Crippen molar-refractivity contribution in [3.05, 3.63) is 48.6 Å². The highest BCUT2D eigenvalue weighted by Crippen LogP contribution is 1.79. The first-order valence-corrected chi connectivity index (χ1v) is 3.30. The molecule has 0 aromatic heterocycles. The van der Waals surface area contributed by atoms with Gasteiger partial charge in [0.15, 0.2) is 0 Å². The lowest BCUT2D eigenvalue weighted by atomic mass is 10.4. The van der Waals surface area contributed by atoms with Crippen molar-refractivity contribution in [3.8, 4) is 12.1 Å². The van der Waals surface area contributed by atoms with Gasteiger partial charge in [0, 0.05) is 0 Å². The van der Waals surface area contributed by atoms with Gasteiger partial charge in [-0.15, -0.1) is 0 Å². The van der Waals surface area contributed by atoms with Gasteiger partial charge in [-0.25, -0.2) is 0 Å². The number of nitriles is 2. The summed E-state index contributed by atoms with van der Waals surface area (Å²) in [6.07, 6.45) is 0. The monoisotopic (exact) mass is 156 g/mol. The minimum absolute atomic E-state index is 0.0463. The van der Waals surface area contributed by atoms with Crippen LogP contribution >= 0.6 is 0 Å². The molecule has 2 heteroatoms. The molecule has 0 amide bonds. The number of nitrogens with zero attached hydrogens (tertiary/aromatic N) is 2. The molecule has 12 heavy (non-hydrogen) atoms. The average Bonchev–Trinajstić information content (AvgIpc) is 2.20. The molecule has 0 radical (unpaired) electrons. The van der Waals surface area contributed by atoms with E-state index in [9.17, 15) is 0 Å². The molecular formula is C10H8N2. The van der Waals surface area contributed by atoms with E-state index < -0.39 is 0 Å². The van der Waals surface area contributed by atoms with Gasteiger partial charge in [-0.1, -0.05) is 43.0 Å². The van der Waals surface area contributed by atoms with Crippen molar-refractivity contribution in [2.75, 3.05) is 0 Å². The lowest BCUT2D eigenvalue weighted by Gasteiger charge is -1.69. The summed E-state index contributed by atoms with van der Waals surface area (Å²) in [5.41, 5.74) is -0.0463. The topological polar surface area (TPSA) is 47.6 Å². The zero-order chi connectivity index (χ0) is 9.23. The molecule has 0 aliphatic rings. The molecule has 1 rings (SSSR count). The average molecular weight is 156 g/mol. The zero-order valence-corrected chi connectivity index (χ0v) is 6.57. The van der Waals surface area contributed by atoms with E-state index in [-0.39, 0.29) is 5.57 Å². The van der Waals surface area contributed by atoms with Gasteiger partial charge in [-0.05, 0) is 0 Å². The Morgan fingerprint density at radius 3 is 1.17 bits per heavy atom. The Labute approximate surface area is 72.0 Å². The zero-order valence-electron chi connectivity index (χ0n) is 6.57. The Balaban J connectivity index is 0.000000202. The fourth-order valence-corrected chi connectivity index (χ4v) is 0.410. The minimum atomic E-state index is -0.0463. The third kappa shape index (κ3) is 6.07. The van der Waals surface area contributed by atoms with Crippen molar-refractivity contribution in [1.82, 2.24) is 0 Å². The molecule has 0 atom stereocenters. The first-order valence-electron chi connectivity index (χ1n) is 3.30. The van der Waals surface area contributed by atoms with Crippen LogP contribution < -0.4 is 0 Å². The maximum absolute atomic E-state index is 7.76. The summed E-state index contributed by atoms with van der Waals surface area (Å²) in [5, 5.41) is 15.5. The predicted molar refractivity (Wildman–Crippen MR) is 46.8 cm³/mol. The van der Waals surface area contributed by atoms with Gasteiger partial charge >= 0.3 is 0 Å². The molecule has 0 saturated carbocycles. The molecular weight excluding hydrogens is 148 g/mol. The highest BCUT2D eigenvalue weighted by atomic mass is 14.3. The molecule has 0 fully saturated rings. The fourth-order valence-electron chi connectivity index (χ4n) is 0.410. The summed E-state index contributed by atoms with van der Waals surface area (Å²) < 4.78 is 0. The molecule has 0 bridgehead atoms. The standard InChI is InChI=1S/C6H6.C4H2N2/c1-2-4-6-5-3-1;1-4(2-5)3-6/h1-6H;1H2. The lowest BCUT2D eigenvalue weighted by molar-refractivity contribution is 1.47. The Morgan fingerprint density at radius 2 is 1.08 bits per heavy atom. The van der Waals surface area contributed by atoms with Crippen molar-refractivity contribution < 1.29 is 0 Å². The summed E-state index contributed by atoms with van der Waals surface area (Å²) in [4.78, 5) is 0. The van der Waals surface area contributed by atoms with Gasteiger partial charge in [0.05, 0.1) is 0 Å². The Bertz CT molecular complexity index is 258. The smallest absolute Gasteiger partial charge is 0.122 e. The first kappa shape index (κ1) is 9.94. The van der Waals surface area contributed by atoms with Gasteiger partial charge in [0.2, 0.25) is 0 Å². The summed E-state index contributed by atoms with van der Waals surface area (Å²) in [6, 6.07) is 15.1. The second-order valence-corrected chi connectivity index (χ2v) is 1.86. The maximum Gasteiger partial charge on any atom is 0.122 e. The van der Waals surface area contributed by atoms with E-state index in [4.69, 9.17) is 10.5 Å².